The SMILES string of the molecule is CC(N)C(c1ccccc1F)N1CCC(C(N)=O)C1. The van der Waals surface area contributed by atoms with E-state index >= 15 is 0 Å². The highest BCUT2D eigenvalue weighted by Crippen LogP contribution is 2.30. The van der Waals surface area contributed by atoms with Crippen molar-refractivity contribution in [3.63, 3.8) is 0 Å². The molecule has 0 aliphatic carbocycles. The monoisotopic (exact) mass is 265 g/mol. The Balaban J connectivity index is 2.23. The lowest BCUT2D eigenvalue weighted by Crippen LogP contribution is -2.39. The normalized spacial score (nSPS) is 23.2. The molecule has 1 aliphatic rings. The largest absolute Gasteiger partial charge is 0.369 e. The summed E-state index contributed by atoms with van der Waals surface area (Å²) in [6.45, 7) is 3.12. The first kappa shape index (κ1) is 14.0. The molecule has 1 aliphatic heterocycles. The average Bonchev–Trinajstić information content (AvgIpc) is 2.81. The molecule has 1 saturated heterocycles. The zero-order valence-corrected chi connectivity index (χ0v) is 11.1. The minimum Gasteiger partial charge on any atom is -0.369 e. The highest BCUT2D eigenvalue weighted by Gasteiger charge is 2.34. The van der Waals surface area contributed by atoms with Crippen LogP contribution >= 0.6 is 0 Å². The van der Waals surface area contributed by atoms with Gasteiger partial charge in [0.15, 0.2) is 0 Å². The third-order valence-electron chi connectivity index (χ3n) is 3.74. The Bertz CT molecular complexity index is 464. The maximum absolute atomic E-state index is 13.9. The average molecular weight is 265 g/mol. The van der Waals surface area contributed by atoms with E-state index in [1.165, 1.54) is 6.07 Å². The summed E-state index contributed by atoms with van der Waals surface area (Å²) in [5.41, 5.74) is 11.9. The number of rotatable bonds is 4. The van der Waals surface area contributed by atoms with Crippen LogP contribution in [0.25, 0.3) is 0 Å². The van der Waals surface area contributed by atoms with Crippen LogP contribution in [0.4, 0.5) is 4.39 Å². The van der Waals surface area contributed by atoms with Gasteiger partial charge in [-0.05, 0) is 26.0 Å². The van der Waals surface area contributed by atoms with E-state index in [0.717, 1.165) is 0 Å². The molecule has 0 aromatic heterocycles. The van der Waals surface area contributed by atoms with Gasteiger partial charge in [-0.25, -0.2) is 4.39 Å². The summed E-state index contributed by atoms with van der Waals surface area (Å²) in [6.07, 6.45) is 0.715. The Hall–Kier alpha value is -1.46. The molecular weight excluding hydrogens is 245 g/mol. The summed E-state index contributed by atoms with van der Waals surface area (Å²) < 4.78 is 13.9. The van der Waals surface area contributed by atoms with Gasteiger partial charge in [-0.3, -0.25) is 9.69 Å². The second-order valence-corrected chi connectivity index (χ2v) is 5.21. The zero-order chi connectivity index (χ0) is 14.0. The molecule has 104 valence electrons. The fourth-order valence-corrected chi connectivity index (χ4v) is 2.80. The minimum absolute atomic E-state index is 0.159. The van der Waals surface area contributed by atoms with Crippen LogP contribution in [0.2, 0.25) is 0 Å². The second-order valence-electron chi connectivity index (χ2n) is 5.21. The summed E-state index contributed by atoms with van der Waals surface area (Å²) in [6, 6.07) is 6.21. The van der Waals surface area contributed by atoms with E-state index in [1.807, 2.05) is 6.92 Å². The number of likely N-dealkylation sites (tertiary alicyclic amines) is 1. The standard InChI is InChI=1S/C14H20FN3O/c1-9(16)13(11-4-2-3-5-12(11)15)18-7-6-10(8-18)14(17)19/h2-5,9-10,13H,6-8,16H2,1H3,(H2,17,19). The van der Waals surface area contributed by atoms with Crippen LogP contribution in [-0.4, -0.2) is 29.9 Å². The van der Waals surface area contributed by atoms with Crippen LogP contribution in [0, 0.1) is 11.7 Å². The maximum atomic E-state index is 13.9. The highest BCUT2D eigenvalue weighted by molar-refractivity contribution is 5.77. The molecule has 0 radical (unpaired) electrons. The number of benzene rings is 1. The number of hydrogen-bond acceptors (Lipinski definition) is 3. The summed E-state index contributed by atoms with van der Waals surface area (Å²) in [5.74, 6) is -0.709. The van der Waals surface area contributed by atoms with E-state index in [-0.39, 0.29) is 29.7 Å². The van der Waals surface area contributed by atoms with Crippen molar-refractivity contribution in [1.29, 1.82) is 0 Å². The lowest BCUT2D eigenvalue weighted by Gasteiger charge is -2.31. The van der Waals surface area contributed by atoms with Gasteiger partial charge in [0.2, 0.25) is 5.91 Å². The van der Waals surface area contributed by atoms with Crippen molar-refractivity contribution in [2.24, 2.45) is 17.4 Å². The van der Waals surface area contributed by atoms with E-state index in [1.54, 1.807) is 18.2 Å². The number of amides is 1. The number of halogens is 1. The molecule has 19 heavy (non-hydrogen) atoms. The molecule has 4 nitrogen and oxygen atoms in total. The molecular formula is C14H20FN3O. The molecule has 5 heteroatoms. The van der Waals surface area contributed by atoms with Crippen LogP contribution in [-0.2, 0) is 4.79 Å². The van der Waals surface area contributed by atoms with E-state index < -0.39 is 0 Å². The molecule has 0 saturated carbocycles. The molecule has 1 fully saturated rings. The number of nitrogens with two attached hydrogens (primary N) is 2. The van der Waals surface area contributed by atoms with Crippen molar-refractivity contribution < 1.29 is 9.18 Å². The fourth-order valence-electron chi connectivity index (χ4n) is 2.80. The van der Waals surface area contributed by atoms with Crippen LogP contribution < -0.4 is 11.5 Å². The van der Waals surface area contributed by atoms with Gasteiger partial charge in [0, 0.05) is 18.2 Å². The molecule has 1 heterocycles. The summed E-state index contributed by atoms with van der Waals surface area (Å²) in [7, 11) is 0. The lowest BCUT2D eigenvalue weighted by atomic mass is 9.99. The number of nitrogens with zero attached hydrogens (tertiary/aromatic N) is 1. The lowest BCUT2D eigenvalue weighted by molar-refractivity contribution is -0.121. The molecule has 4 N–H and O–H groups in total. The first-order valence-electron chi connectivity index (χ1n) is 6.54. The Morgan fingerprint density at radius 3 is 2.68 bits per heavy atom. The van der Waals surface area contributed by atoms with Crippen molar-refractivity contribution in [3.8, 4) is 0 Å². The molecule has 0 spiro atoms. The van der Waals surface area contributed by atoms with Crippen molar-refractivity contribution in [2.45, 2.75) is 25.4 Å². The van der Waals surface area contributed by atoms with Gasteiger partial charge in [0.1, 0.15) is 5.82 Å². The van der Waals surface area contributed by atoms with Gasteiger partial charge >= 0.3 is 0 Å². The predicted octanol–water partition coefficient (Wildman–Crippen LogP) is 1.02. The summed E-state index contributed by atoms with van der Waals surface area (Å²) >= 11 is 0. The third kappa shape index (κ3) is 2.93. The van der Waals surface area contributed by atoms with E-state index in [4.69, 9.17) is 11.5 Å². The van der Waals surface area contributed by atoms with Crippen molar-refractivity contribution in [3.05, 3.63) is 35.6 Å². The van der Waals surface area contributed by atoms with Crippen molar-refractivity contribution >= 4 is 5.91 Å². The molecule has 2 rings (SSSR count). The molecule has 3 atom stereocenters. The van der Waals surface area contributed by atoms with Crippen molar-refractivity contribution in [2.75, 3.05) is 13.1 Å². The minimum atomic E-state index is -0.292. The quantitative estimate of drug-likeness (QED) is 0.853. The van der Waals surface area contributed by atoms with E-state index in [2.05, 4.69) is 4.90 Å². The van der Waals surface area contributed by atoms with E-state index in [0.29, 0.717) is 25.1 Å². The van der Waals surface area contributed by atoms with Gasteiger partial charge < -0.3 is 11.5 Å². The van der Waals surface area contributed by atoms with Gasteiger partial charge in [0.05, 0.1) is 12.0 Å². The number of hydrogen-bond donors (Lipinski definition) is 2. The number of carbonyl (C=O) groups excluding carboxylic acids is 1. The molecule has 1 aromatic rings. The first-order valence-corrected chi connectivity index (χ1v) is 6.54. The van der Waals surface area contributed by atoms with Crippen molar-refractivity contribution in [1.82, 2.24) is 4.90 Å². The highest BCUT2D eigenvalue weighted by atomic mass is 19.1. The third-order valence-corrected chi connectivity index (χ3v) is 3.74. The molecule has 1 aromatic carbocycles. The number of primary amides is 1. The fraction of sp³-hybridized carbons (Fsp3) is 0.500. The van der Waals surface area contributed by atoms with Crippen LogP contribution in [0.3, 0.4) is 0 Å². The van der Waals surface area contributed by atoms with Gasteiger partial charge in [-0.15, -0.1) is 0 Å². The Morgan fingerprint density at radius 1 is 1.47 bits per heavy atom. The smallest absolute Gasteiger partial charge is 0.221 e. The zero-order valence-electron chi connectivity index (χ0n) is 11.1. The van der Waals surface area contributed by atoms with E-state index in [9.17, 15) is 9.18 Å². The maximum Gasteiger partial charge on any atom is 0.221 e. The first-order chi connectivity index (χ1) is 9.00. The van der Waals surface area contributed by atoms with Gasteiger partial charge in [0.25, 0.3) is 0 Å². The number of carbonyl (C=O) groups is 1. The Kier molecular flexibility index (Phi) is 4.17. The van der Waals surface area contributed by atoms with Crippen LogP contribution in [0.1, 0.15) is 24.9 Å². The predicted molar refractivity (Wildman–Crippen MR) is 71.7 cm³/mol. The molecule has 3 unspecified atom stereocenters. The Morgan fingerprint density at radius 2 is 2.16 bits per heavy atom. The topological polar surface area (TPSA) is 72.3 Å². The Labute approximate surface area is 112 Å². The van der Waals surface area contributed by atoms with Crippen LogP contribution in [0.5, 0.6) is 0 Å². The summed E-state index contributed by atoms with van der Waals surface area (Å²) in [4.78, 5) is 13.3. The van der Waals surface area contributed by atoms with Gasteiger partial charge in [-0.2, -0.15) is 0 Å². The second kappa shape index (κ2) is 5.67. The molecule has 1 amide bonds. The molecule has 0 bridgehead atoms. The summed E-state index contributed by atoms with van der Waals surface area (Å²) in [5, 5.41) is 0. The van der Waals surface area contributed by atoms with Crippen LogP contribution in [0.15, 0.2) is 24.3 Å². The van der Waals surface area contributed by atoms with Gasteiger partial charge in [-0.1, -0.05) is 18.2 Å².